The molecule has 130 valence electrons. The third-order valence-electron chi connectivity index (χ3n) is 4.36. The van der Waals surface area contributed by atoms with Crippen molar-refractivity contribution in [2.24, 2.45) is 5.73 Å². The average molecular weight is 319 g/mol. The zero-order chi connectivity index (χ0) is 16.9. The van der Waals surface area contributed by atoms with Gasteiger partial charge in [-0.25, -0.2) is 0 Å². The average Bonchev–Trinajstić information content (AvgIpc) is 2.54. The Bertz CT molecular complexity index is 428. The van der Waals surface area contributed by atoms with Gasteiger partial charge in [-0.1, -0.05) is 82.6 Å². The Morgan fingerprint density at radius 1 is 0.913 bits per heavy atom. The van der Waals surface area contributed by atoms with E-state index in [4.69, 9.17) is 10.8 Å². The molecule has 3 nitrogen and oxygen atoms in total. The molecule has 0 amide bonds. The number of hydrogen-bond acceptors (Lipinski definition) is 2. The Kier molecular flexibility index (Phi) is 10.4. The molecule has 3 heteroatoms. The molecule has 23 heavy (non-hydrogen) atoms. The Morgan fingerprint density at radius 2 is 1.39 bits per heavy atom. The lowest BCUT2D eigenvalue weighted by Crippen LogP contribution is -2.32. The highest BCUT2D eigenvalue weighted by Crippen LogP contribution is 2.13. The fourth-order valence-corrected chi connectivity index (χ4v) is 2.82. The van der Waals surface area contributed by atoms with Crippen LogP contribution in [0.3, 0.4) is 0 Å². The lowest BCUT2D eigenvalue weighted by molar-refractivity contribution is -0.138. The highest BCUT2D eigenvalue weighted by molar-refractivity contribution is 5.73. The molecule has 0 bridgehead atoms. The van der Waals surface area contributed by atoms with Crippen LogP contribution in [-0.2, 0) is 17.6 Å². The predicted molar refractivity (Wildman–Crippen MR) is 96.7 cm³/mol. The molecule has 1 aromatic rings. The van der Waals surface area contributed by atoms with Crippen LogP contribution in [0, 0.1) is 0 Å². The van der Waals surface area contributed by atoms with Crippen molar-refractivity contribution in [1.82, 2.24) is 0 Å². The van der Waals surface area contributed by atoms with E-state index in [2.05, 4.69) is 19.1 Å². The minimum absolute atomic E-state index is 0.396. The lowest BCUT2D eigenvalue weighted by Gasteiger charge is -2.07. The number of hydrogen-bond donors (Lipinski definition) is 2. The molecule has 0 fully saturated rings. The Labute approximate surface area is 141 Å². The summed E-state index contributed by atoms with van der Waals surface area (Å²) in [5, 5.41) is 8.82. The molecule has 0 saturated heterocycles. The van der Waals surface area contributed by atoms with Gasteiger partial charge in [-0.15, -0.1) is 0 Å². The van der Waals surface area contributed by atoms with E-state index in [0.29, 0.717) is 6.42 Å². The zero-order valence-corrected chi connectivity index (χ0v) is 14.6. The van der Waals surface area contributed by atoms with Gasteiger partial charge in [-0.3, -0.25) is 4.79 Å². The predicted octanol–water partition coefficient (Wildman–Crippen LogP) is 4.71. The second kappa shape index (κ2) is 12.1. The molecule has 0 saturated carbocycles. The summed E-state index contributed by atoms with van der Waals surface area (Å²) in [5.41, 5.74) is 7.88. The Morgan fingerprint density at radius 3 is 1.91 bits per heavy atom. The third-order valence-corrected chi connectivity index (χ3v) is 4.36. The third kappa shape index (κ3) is 9.39. The van der Waals surface area contributed by atoms with Gasteiger partial charge < -0.3 is 10.8 Å². The lowest BCUT2D eigenvalue weighted by atomic mass is 10.0. The molecule has 0 aromatic heterocycles. The molecule has 0 aliphatic heterocycles. The number of carboxylic acid groups (broad SMARTS) is 1. The summed E-state index contributed by atoms with van der Waals surface area (Å²) in [6.07, 6.45) is 13.7. The molecule has 1 aromatic carbocycles. The maximum atomic E-state index is 10.7. The minimum atomic E-state index is -0.941. The topological polar surface area (TPSA) is 63.3 Å². The molecule has 0 aliphatic rings. The number of benzene rings is 1. The van der Waals surface area contributed by atoms with Gasteiger partial charge in [0, 0.05) is 0 Å². The van der Waals surface area contributed by atoms with Crippen molar-refractivity contribution in [3.05, 3.63) is 35.4 Å². The molecular weight excluding hydrogens is 286 g/mol. The number of aryl methyl sites for hydroxylation is 1. The molecule has 1 rings (SSSR count). The molecule has 0 heterocycles. The quantitative estimate of drug-likeness (QED) is 0.517. The molecular formula is C20H33NO2. The first-order chi connectivity index (χ1) is 11.1. The molecule has 0 radical (unpaired) electrons. The number of carbonyl (C=O) groups is 1. The van der Waals surface area contributed by atoms with E-state index in [9.17, 15) is 4.79 Å². The van der Waals surface area contributed by atoms with Gasteiger partial charge in [0.25, 0.3) is 0 Å². The van der Waals surface area contributed by atoms with Gasteiger partial charge in [0.2, 0.25) is 0 Å². The minimum Gasteiger partial charge on any atom is -0.480 e. The molecule has 0 aliphatic carbocycles. The molecule has 3 N–H and O–H groups in total. The van der Waals surface area contributed by atoms with Crippen molar-refractivity contribution < 1.29 is 9.90 Å². The van der Waals surface area contributed by atoms with Crippen LogP contribution in [-0.4, -0.2) is 17.1 Å². The largest absolute Gasteiger partial charge is 0.480 e. The first-order valence-electron chi connectivity index (χ1n) is 9.19. The van der Waals surface area contributed by atoms with Gasteiger partial charge >= 0.3 is 5.97 Å². The van der Waals surface area contributed by atoms with Crippen LogP contribution in [0.4, 0.5) is 0 Å². The van der Waals surface area contributed by atoms with Crippen molar-refractivity contribution in [2.75, 3.05) is 0 Å². The summed E-state index contributed by atoms with van der Waals surface area (Å²) in [7, 11) is 0. The highest BCUT2D eigenvalue weighted by Gasteiger charge is 2.11. The summed E-state index contributed by atoms with van der Waals surface area (Å²) >= 11 is 0. The monoisotopic (exact) mass is 319 g/mol. The smallest absolute Gasteiger partial charge is 0.320 e. The number of carboxylic acids is 1. The van der Waals surface area contributed by atoms with E-state index in [1.165, 1.54) is 63.4 Å². The van der Waals surface area contributed by atoms with Crippen molar-refractivity contribution >= 4 is 5.97 Å². The fourth-order valence-electron chi connectivity index (χ4n) is 2.82. The second-order valence-electron chi connectivity index (χ2n) is 6.54. The molecule has 0 unspecified atom stereocenters. The fraction of sp³-hybridized carbons (Fsp3) is 0.650. The van der Waals surface area contributed by atoms with Gasteiger partial charge in [-0.2, -0.15) is 0 Å². The Balaban J connectivity index is 2.10. The number of unbranched alkanes of at least 4 members (excludes halogenated alkanes) is 8. The second-order valence-corrected chi connectivity index (χ2v) is 6.54. The van der Waals surface area contributed by atoms with E-state index in [1.807, 2.05) is 12.1 Å². The highest BCUT2D eigenvalue weighted by atomic mass is 16.4. The maximum absolute atomic E-state index is 10.7. The SMILES string of the molecule is CCCCCCCCCCCc1ccc(C[C@H](N)C(=O)O)cc1. The van der Waals surface area contributed by atoms with Gasteiger partial charge in [0.15, 0.2) is 0 Å². The summed E-state index contributed by atoms with van der Waals surface area (Å²) < 4.78 is 0. The van der Waals surface area contributed by atoms with Crippen molar-refractivity contribution in [3.63, 3.8) is 0 Å². The van der Waals surface area contributed by atoms with Crippen LogP contribution in [0.25, 0.3) is 0 Å². The first kappa shape index (κ1) is 19.7. The number of rotatable bonds is 13. The van der Waals surface area contributed by atoms with Crippen LogP contribution >= 0.6 is 0 Å². The number of aliphatic carboxylic acids is 1. The van der Waals surface area contributed by atoms with Crippen LogP contribution in [0.5, 0.6) is 0 Å². The van der Waals surface area contributed by atoms with Gasteiger partial charge in [-0.05, 0) is 30.4 Å². The van der Waals surface area contributed by atoms with E-state index in [0.717, 1.165) is 12.0 Å². The number of nitrogens with two attached hydrogens (primary N) is 1. The van der Waals surface area contributed by atoms with Crippen molar-refractivity contribution in [2.45, 2.75) is 83.6 Å². The summed E-state index contributed by atoms with van der Waals surface area (Å²) in [5.74, 6) is -0.941. The standard InChI is InChI=1S/C20H33NO2/c1-2-3-4-5-6-7-8-9-10-11-17-12-14-18(15-13-17)16-19(21)20(22)23/h12-15,19H,2-11,16,21H2,1H3,(H,22,23)/t19-/m0/s1. The Hall–Kier alpha value is -1.35. The van der Waals surface area contributed by atoms with E-state index >= 15 is 0 Å². The zero-order valence-electron chi connectivity index (χ0n) is 14.6. The van der Waals surface area contributed by atoms with E-state index in [-0.39, 0.29) is 0 Å². The summed E-state index contributed by atoms with van der Waals surface area (Å²) in [6.45, 7) is 2.26. The van der Waals surface area contributed by atoms with Crippen LogP contribution in [0.2, 0.25) is 0 Å². The van der Waals surface area contributed by atoms with Gasteiger partial charge in [0.05, 0.1) is 0 Å². The molecule has 0 spiro atoms. The maximum Gasteiger partial charge on any atom is 0.320 e. The van der Waals surface area contributed by atoms with Crippen LogP contribution in [0.1, 0.15) is 75.8 Å². The van der Waals surface area contributed by atoms with Crippen molar-refractivity contribution in [3.8, 4) is 0 Å². The normalized spacial score (nSPS) is 12.3. The summed E-state index contributed by atoms with van der Waals surface area (Å²) in [4.78, 5) is 10.7. The van der Waals surface area contributed by atoms with Crippen LogP contribution in [0.15, 0.2) is 24.3 Å². The van der Waals surface area contributed by atoms with Crippen molar-refractivity contribution in [1.29, 1.82) is 0 Å². The molecule has 1 atom stereocenters. The van der Waals surface area contributed by atoms with Crippen LogP contribution < -0.4 is 5.73 Å². The summed E-state index contributed by atoms with van der Waals surface area (Å²) in [6, 6.07) is 7.42. The van der Waals surface area contributed by atoms with E-state index < -0.39 is 12.0 Å². The van der Waals surface area contributed by atoms with Gasteiger partial charge in [0.1, 0.15) is 6.04 Å². The first-order valence-corrected chi connectivity index (χ1v) is 9.19. The van der Waals surface area contributed by atoms with E-state index in [1.54, 1.807) is 0 Å².